The monoisotopic (exact) mass is 1360 g/mol. The third-order valence-electron chi connectivity index (χ3n) is 41.1. The minimum Gasteiger partial charge on any atom is -0.390 e. The van der Waals surface area contributed by atoms with Crippen LogP contribution in [0.25, 0.3) is 0 Å². The number of fused-ring (bicyclic) bond motifs is 9. The molecule has 0 amide bonds. The molecule has 38 aliphatic carbocycles. The highest BCUT2D eigenvalue weighted by Gasteiger charge is 2.72. The van der Waals surface area contributed by atoms with Crippen LogP contribution in [0.2, 0.25) is 0 Å². The molecule has 3 heteroatoms. The molecule has 0 aromatic carbocycles. The van der Waals surface area contributed by atoms with Crippen molar-refractivity contribution in [2.45, 2.75) is 368 Å². The molecule has 2 nitrogen and oxygen atoms in total. The zero-order valence-corrected chi connectivity index (χ0v) is 65.6. The van der Waals surface area contributed by atoms with E-state index in [9.17, 15) is 9.18 Å². The number of Topliss-reactive ketones (excluding diaryl/α,β-unsaturated/α-hetero) is 1. The lowest BCUT2D eigenvalue weighted by atomic mass is 9.46. The van der Waals surface area contributed by atoms with E-state index in [-0.39, 0.29) is 5.60 Å². The first-order valence-electron chi connectivity index (χ1n) is 46.4. The number of hydrogen-bond donors (Lipinski definition) is 1. The van der Waals surface area contributed by atoms with Crippen molar-refractivity contribution in [3.8, 4) is 0 Å². The predicted octanol–water partition coefficient (Wildman–Crippen LogP) is 25.6. The minimum atomic E-state index is -0.634. The smallest absolute Gasteiger partial charge is 0.139 e. The fourth-order valence-electron chi connectivity index (χ4n) is 33.6. The van der Waals surface area contributed by atoms with Gasteiger partial charge in [-0.25, -0.2) is 4.39 Å². The zero-order valence-electron chi connectivity index (χ0n) is 65.6. The maximum Gasteiger partial charge on any atom is 0.139 e. The summed E-state index contributed by atoms with van der Waals surface area (Å²) >= 11 is 0. The summed E-state index contributed by atoms with van der Waals surface area (Å²) in [6.07, 6.45) is 69.1. The number of carbonyl (C=O) groups excluding carboxylic acids is 1. The number of halogens is 1. The van der Waals surface area contributed by atoms with Gasteiger partial charge >= 0.3 is 0 Å². The maximum atomic E-state index is 12.3. The molecular weight excluding hydrogens is 1200 g/mol. The Morgan fingerprint density at radius 3 is 0.859 bits per heavy atom. The van der Waals surface area contributed by atoms with Crippen LogP contribution in [0.3, 0.4) is 0 Å². The molecule has 99 heavy (non-hydrogen) atoms. The second-order valence-corrected chi connectivity index (χ2v) is 47.3. The summed E-state index contributed by atoms with van der Waals surface area (Å²) in [5.74, 6) is 38.8. The van der Waals surface area contributed by atoms with Gasteiger partial charge in [-0.1, -0.05) is 93.9 Å². The third-order valence-corrected chi connectivity index (χ3v) is 41.1. The van der Waals surface area contributed by atoms with Crippen molar-refractivity contribution in [2.24, 2.45) is 223 Å². The van der Waals surface area contributed by atoms with Crippen molar-refractivity contribution in [3.05, 3.63) is 0 Å². The quantitative estimate of drug-likeness (QED) is 0.262. The molecular formula is C96H153FO2. The fraction of sp³-hybridized carbons (Fsp3) is 0.990. The van der Waals surface area contributed by atoms with Gasteiger partial charge in [-0.2, -0.15) is 0 Å². The van der Waals surface area contributed by atoms with Gasteiger partial charge in [0.1, 0.15) is 11.5 Å². The molecule has 0 aromatic heterocycles. The van der Waals surface area contributed by atoms with Crippen molar-refractivity contribution in [2.75, 3.05) is 0 Å². The average molecular weight is 1360 g/mol. The van der Waals surface area contributed by atoms with Gasteiger partial charge in [0.2, 0.25) is 0 Å². The molecule has 38 aliphatic rings. The summed E-state index contributed by atoms with van der Waals surface area (Å²) in [6.45, 7) is 19.6. The van der Waals surface area contributed by atoms with Gasteiger partial charge in [-0.05, 0) is 474 Å². The van der Waals surface area contributed by atoms with E-state index in [0.717, 1.165) is 102 Å². The van der Waals surface area contributed by atoms with Crippen LogP contribution in [0.5, 0.6) is 0 Å². The Hall–Kier alpha value is -0.440. The second kappa shape index (κ2) is 25.9. The summed E-state index contributed by atoms with van der Waals surface area (Å²) in [6, 6.07) is 0. The van der Waals surface area contributed by atoms with Gasteiger partial charge < -0.3 is 5.11 Å². The van der Waals surface area contributed by atoms with E-state index in [4.69, 9.17) is 5.11 Å². The summed E-state index contributed by atoms with van der Waals surface area (Å²) in [4.78, 5) is 11.0. The molecule has 556 valence electrons. The van der Waals surface area contributed by atoms with Crippen LogP contribution in [0.1, 0.15) is 357 Å². The van der Waals surface area contributed by atoms with Gasteiger partial charge in [0.25, 0.3) is 0 Å². The van der Waals surface area contributed by atoms with Crippen LogP contribution in [0.15, 0.2) is 0 Å². The molecule has 0 spiro atoms. The van der Waals surface area contributed by atoms with Crippen LogP contribution < -0.4 is 0 Å². The molecule has 38 fully saturated rings. The van der Waals surface area contributed by atoms with E-state index in [1.54, 1.807) is 193 Å². The van der Waals surface area contributed by atoms with Crippen LogP contribution in [-0.2, 0) is 4.79 Å². The van der Waals surface area contributed by atoms with Crippen molar-refractivity contribution >= 4 is 5.78 Å². The van der Waals surface area contributed by atoms with Gasteiger partial charge in [-0.3, -0.25) is 4.79 Å². The van der Waals surface area contributed by atoms with Crippen molar-refractivity contribution in [1.29, 1.82) is 0 Å². The Morgan fingerprint density at radius 2 is 0.667 bits per heavy atom. The van der Waals surface area contributed by atoms with Crippen molar-refractivity contribution in [3.63, 3.8) is 0 Å². The molecule has 0 saturated heterocycles. The number of hydrogen-bond acceptors (Lipinski definition) is 2. The lowest BCUT2D eigenvalue weighted by Gasteiger charge is -2.60. The maximum absolute atomic E-state index is 12.3. The number of aliphatic hydroxyl groups is 1. The van der Waals surface area contributed by atoms with E-state index < -0.39 is 5.67 Å². The van der Waals surface area contributed by atoms with Crippen LogP contribution >= 0.6 is 0 Å². The summed E-state index contributed by atoms with van der Waals surface area (Å²) in [5.41, 5.74) is 2.25. The Labute approximate surface area is 607 Å². The standard InChI is InChI=1S/C11H18.C10H18.C9H14.C9H16.C8H12.C7H10O.2C7H10.C7H12.C6H10.C5H7F.C5H8O.C5H8/c1-2-8-4-5-9-6-7-11(8)10(9)3-1;1-7-8-4-5-9(6-8)10(7,2)3;1-9(2)5-3-6-7(4-5)8(6)9;1-9(2)7-3-4-8(9)6-5-7;1-5-2-7-4-6(1)8(7)3-5;8-7-5-1-2-6(7)4-3-5;2*1-4-2-6-5(1)7(6)3-4;1-2-7-4-3-6(1)5-7;1-6-2-5(3-6)4-6;2*6-5-1-4(2-5)3-5;1-4-2-5(1)3-4/h8-11H,1-7H2;7-9H,4-6H2,1-3H3;5-8H,3-4H2,1-2H3;7-8H,3-6H2,1-2H3;5-8H,1-4H2;5-6H,1-4H2;2*4-7H,1-3H2;6-7H,1-5H2;5H,2-4H2,1H3;4H,1-3H2;4,6H,1-3H2;4-5H,1-3H2. The highest BCUT2D eigenvalue weighted by molar-refractivity contribution is 5.87. The van der Waals surface area contributed by atoms with E-state index in [2.05, 4.69) is 55.4 Å². The highest BCUT2D eigenvalue weighted by Crippen LogP contribution is 2.78. The Morgan fingerprint density at radius 1 is 0.293 bits per heavy atom. The summed E-state index contributed by atoms with van der Waals surface area (Å²) in [5, 5.41) is 8.98. The number of rotatable bonds is 0. The molecule has 38 rings (SSSR count). The van der Waals surface area contributed by atoms with E-state index in [1.165, 1.54) is 213 Å². The summed E-state index contributed by atoms with van der Waals surface area (Å²) < 4.78 is 12.3. The molecule has 0 aromatic rings. The normalized spacial score (nSPS) is 57.9. The van der Waals surface area contributed by atoms with Crippen LogP contribution in [0.4, 0.5) is 4.39 Å². The Bertz CT molecular complexity index is 2560. The molecule has 34 bridgehead atoms. The number of carbonyl (C=O) groups is 1. The van der Waals surface area contributed by atoms with Gasteiger partial charge in [-0.15, -0.1) is 0 Å². The highest BCUT2D eigenvalue weighted by atomic mass is 19.1. The largest absolute Gasteiger partial charge is 0.390 e. The number of alkyl halides is 1. The van der Waals surface area contributed by atoms with Crippen LogP contribution in [0, 0.1) is 223 Å². The predicted molar refractivity (Wildman–Crippen MR) is 405 cm³/mol. The van der Waals surface area contributed by atoms with Crippen molar-refractivity contribution < 1.29 is 14.3 Å². The molecule has 11 unspecified atom stereocenters. The van der Waals surface area contributed by atoms with E-state index in [1.807, 2.05) is 0 Å². The Kier molecular flexibility index (Phi) is 18.0. The third kappa shape index (κ3) is 13.0. The van der Waals surface area contributed by atoms with Crippen molar-refractivity contribution in [1.82, 2.24) is 0 Å². The zero-order chi connectivity index (χ0) is 67.4. The Balaban J connectivity index is 0.0000000752. The lowest BCUT2D eigenvalue weighted by molar-refractivity contribution is -0.189. The molecule has 38 saturated carbocycles. The minimum absolute atomic E-state index is 0.134. The fourth-order valence-corrected chi connectivity index (χ4v) is 33.6. The second-order valence-electron chi connectivity index (χ2n) is 47.3. The first-order valence-corrected chi connectivity index (χ1v) is 46.4. The SMILES string of the molecule is C1C2CC1C2.C1C2CC3C1C3C2.C1C2CC3C1C3C2.C1C2CC3CC1C3C2.C1CC2CCC1C2.C1CC2CCC3CCC2C3C1.CC1(C)C2CC3C(C2)C31.CC1(C)C2CCC1CC2.CC12CC(C1)C2.CC1C2CCC(C2)C1(C)C.FC12CC(C1)C2.O=C1C2CCC1CC2.OC12CC(C1)C2. The number of ketones is 1. The topological polar surface area (TPSA) is 37.3 Å². The van der Waals surface area contributed by atoms with E-state index in [0.29, 0.717) is 23.0 Å². The van der Waals surface area contributed by atoms with Gasteiger partial charge in [0.05, 0.1) is 5.60 Å². The molecule has 0 aliphatic heterocycles. The first-order chi connectivity index (χ1) is 47.5. The molecule has 0 radical (unpaired) electrons. The van der Waals surface area contributed by atoms with E-state index >= 15 is 0 Å². The van der Waals surface area contributed by atoms with Crippen LogP contribution in [-0.4, -0.2) is 22.2 Å². The molecule has 11 atom stereocenters. The van der Waals surface area contributed by atoms with Gasteiger partial charge in [0.15, 0.2) is 0 Å². The lowest BCUT2D eigenvalue weighted by Crippen LogP contribution is -2.57. The molecule has 1 N–H and O–H groups in total. The average Bonchev–Trinajstić information content (AvgIpc) is 1.49. The van der Waals surface area contributed by atoms with Gasteiger partial charge in [0, 0.05) is 11.8 Å². The molecule has 0 heterocycles. The first kappa shape index (κ1) is 69.0. The summed E-state index contributed by atoms with van der Waals surface area (Å²) in [7, 11) is 0.